The molecule has 2 aliphatic carbocycles. The quantitative estimate of drug-likeness (QED) is 0.823. The predicted octanol–water partition coefficient (Wildman–Crippen LogP) is 1.28. The molecule has 122 valence electrons. The number of nitrogens with zero attached hydrogens (tertiary/aromatic N) is 2. The monoisotopic (exact) mass is 305 g/mol. The highest BCUT2D eigenvalue weighted by atomic mass is 16.3. The fourth-order valence-electron chi connectivity index (χ4n) is 4.90. The number of likely N-dealkylation sites (tertiary alicyclic amines) is 1. The highest BCUT2D eigenvalue weighted by Crippen LogP contribution is 2.48. The second-order valence-electron chi connectivity index (χ2n) is 8.00. The first-order chi connectivity index (χ1) is 10.4. The molecule has 5 nitrogen and oxygen atoms in total. The van der Waals surface area contributed by atoms with Crippen LogP contribution in [0.25, 0.3) is 0 Å². The Balaban J connectivity index is 1.53. The lowest BCUT2D eigenvalue weighted by molar-refractivity contribution is -0.130. The fraction of sp³-hybridized carbons (Fsp3) is 0.882. The van der Waals surface area contributed by atoms with E-state index in [4.69, 9.17) is 0 Å². The van der Waals surface area contributed by atoms with E-state index in [0.29, 0.717) is 30.8 Å². The van der Waals surface area contributed by atoms with Gasteiger partial charge in [0.1, 0.15) is 6.04 Å². The summed E-state index contributed by atoms with van der Waals surface area (Å²) in [5.41, 5.74) is -0.00138. The molecule has 2 saturated carbocycles. The summed E-state index contributed by atoms with van der Waals surface area (Å²) >= 11 is 0. The first kappa shape index (κ1) is 15.8. The topological polar surface area (TPSA) is 76.4 Å². The number of rotatable bonds is 3. The van der Waals surface area contributed by atoms with Crippen LogP contribution >= 0.6 is 0 Å². The van der Waals surface area contributed by atoms with Crippen molar-refractivity contribution in [2.45, 2.75) is 63.6 Å². The first-order valence-electron chi connectivity index (χ1n) is 8.52. The Kier molecular flexibility index (Phi) is 4.17. The number of nitrogens with one attached hydrogen (secondary N) is 1. The van der Waals surface area contributed by atoms with Crippen molar-refractivity contribution < 1.29 is 9.90 Å². The summed E-state index contributed by atoms with van der Waals surface area (Å²) in [6.07, 6.45) is 4.58. The van der Waals surface area contributed by atoms with Gasteiger partial charge in [-0.3, -0.25) is 4.79 Å². The zero-order valence-electron chi connectivity index (χ0n) is 13.6. The van der Waals surface area contributed by atoms with Gasteiger partial charge in [0.15, 0.2) is 0 Å². The summed E-state index contributed by atoms with van der Waals surface area (Å²) in [5, 5.41) is 22.4. The molecule has 0 bridgehead atoms. The molecule has 1 aliphatic heterocycles. The van der Waals surface area contributed by atoms with E-state index in [0.717, 1.165) is 32.1 Å². The number of hydrogen-bond acceptors (Lipinski definition) is 4. The van der Waals surface area contributed by atoms with Crippen molar-refractivity contribution >= 4 is 5.91 Å². The van der Waals surface area contributed by atoms with Crippen LogP contribution in [0.15, 0.2) is 0 Å². The van der Waals surface area contributed by atoms with Gasteiger partial charge in [-0.25, -0.2) is 0 Å². The summed E-state index contributed by atoms with van der Waals surface area (Å²) in [6.45, 7) is 5.31. The molecule has 0 radical (unpaired) electrons. The van der Waals surface area contributed by atoms with Crippen molar-refractivity contribution in [1.29, 1.82) is 5.26 Å². The van der Waals surface area contributed by atoms with Crippen LogP contribution in [0.2, 0.25) is 0 Å². The predicted molar refractivity (Wildman–Crippen MR) is 82.8 cm³/mol. The Labute approximate surface area is 132 Å². The lowest BCUT2D eigenvalue weighted by Gasteiger charge is -2.29. The van der Waals surface area contributed by atoms with E-state index in [1.165, 1.54) is 0 Å². The van der Waals surface area contributed by atoms with Gasteiger partial charge in [0, 0.05) is 12.1 Å². The van der Waals surface area contributed by atoms with E-state index >= 15 is 0 Å². The van der Waals surface area contributed by atoms with E-state index in [9.17, 15) is 15.2 Å². The Morgan fingerprint density at radius 3 is 2.59 bits per heavy atom. The maximum absolute atomic E-state index is 12.4. The normalized spacial score (nSPS) is 44.1. The fourth-order valence-corrected chi connectivity index (χ4v) is 4.90. The third-order valence-electron chi connectivity index (χ3n) is 5.89. The molecule has 1 amide bonds. The zero-order valence-corrected chi connectivity index (χ0v) is 13.6. The van der Waals surface area contributed by atoms with Crippen LogP contribution in [0.1, 0.15) is 46.0 Å². The van der Waals surface area contributed by atoms with E-state index in [-0.39, 0.29) is 23.6 Å². The van der Waals surface area contributed by atoms with Gasteiger partial charge >= 0.3 is 0 Å². The SMILES string of the molecule is C[C@H]1CC(C#N)N(C(=O)CN[C@]2(C)C[C@H]3C[C@@H](O)C[C@H]3C2)C1. The smallest absolute Gasteiger partial charge is 0.237 e. The second-order valence-corrected chi connectivity index (χ2v) is 8.00. The van der Waals surface area contributed by atoms with Crippen LogP contribution < -0.4 is 5.32 Å². The summed E-state index contributed by atoms with van der Waals surface area (Å²) in [7, 11) is 0. The van der Waals surface area contributed by atoms with Gasteiger partial charge < -0.3 is 15.3 Å². The molecule has 0 aromatic rings. The number of carbonyl (C=O) groups is 1. The second kappa shape index (κ2) is 5.82. The number of amides is 1. The third-order valence-corrected chi connectivity index (χ3v) is 5.89. The maximum atomic E-state index is 12.4. The average Bonchev–Trinajstić information content (AvgIpc) is 3.07. The number of aliphatic hydroxyl groups is 1. The van der Waals surface area contributed by atoms with Gasteiger partial charge in [0.25, 0.3) is 0 Å². The van der Waals surface area contributed by atoms with Crippen LogP contribution in [0.5, 0.6) is 0 Å². The molecule has 1 unspecified atom stereocenters. The summed E-state index contributed by atoms with van der Waals surface area (Å²) in [5.74, 6) is 1.66. The number of carbonyl (C=O) groups excluding carboxylic acids is 1. The summed E-state index contributed by atoms with van der Waals surface area (Å²) in [6, 6.07) is 2.00. The molecule has 1 heterocycles. The van der Waals surface area contributed by atoms with Gasteiger partial charge in [-0.05, 0) is 56.8 Å². The van der Waals surface area contributed by atoms with E-state index < -0.39 is 0 Å². The van der Waals surface area contributed by atoms with Crippen molar-refractivity contribution in [3.63, 3.8) is 0 Å². The van der Waals surface area contributed by atoms with Gasteiger partial charge in [0.05, 0.1) is 18.7 Å². The zero-order chi connectivity index (χ0) is 15.9. The molecule has 0 aromatic carbocycles. The minimum atomic E-state index is -0.254. The summed E-state index contributed by atoms with van der Waals surface area (Å²) < 4.78 is 0. The van der Waals surface area contributed by atoms with E-state index in [1.54, 1.807) is 4.90 Å². The molecule has 0 spiro atoms. The Hall–Kier alpha value is -1.12. The molecule has 22 heavy (non-hydrogen) atoms. The molecule has 3 rings (SSSR count). The third kappa shape index (κ3) is 3.00. The Morgan fingerprint density at radius 1 is 1.36 bits per heavy atom. The van der Waals surface area contributed by atoms with Gasteiger partial charge in [0.2, 0.25) is 5.91 Å². The largest absolute Gasteiger partial charge is 0.393 e. The van der Waals surface area contributed by atoms with Crippen LogP contribution in [0.3, 0.4) is 0 Å². The molecule has 3 fully saturated rings. The van der Waals surface area contributed by atoms with E-state index in [2.05, 4.69) is 25.2 Å². The lowest BCUT2D eigenvalue weighted by Crippen LogP contribution is -2.48. The lowest BCUT2D eigenvalue weighted by atomic mass is 9.96. The summed E-state index contributed by atoms with van der Waals surface area (Å²) in [4.78, 5) is 14.2. The minimum absolute atomic E-state index is 0.00138. The first-order valence-corrected chi connectivity index (χ1v) is 8.52. The standard InChI is InChI=1S/C17H27N3O2/c1-11-3-14(8-18)20(10-11)16(22)9-19-17(2)6-12-4-15(21)5-13(12)7-17/h11-15,19,21H,3-7,9-10H2,1-2H3/t11-,12-,13+,14?,15-,17-/m0/s1. The molecule has 0 aromatic heterocycles. The van der Waals surface area contributed by atoms with Crippen molar-refractivity contribution in [3.05, 3.63) is 0 Å². The number of nitriles is 1. The maximum Gasteiger partial charge on any atom is 0.237 e. The molecule has 1 saturated heterocycles. The molecular weight excluding hydrogens is 278 g/mol. The Bertz CT molecular complexity index is 473. The van der Waals surface area contributed by atoms with Gasteiger partial charge in [-0.15, -0.1) is 0 Å². The van der Waals surface area contributed by atoms with E-state index in [1.807, 2.05) is 0 Å². The van der Waals surface area contributed by atoms with Crippen LogP contribution in [0, 0.1) is 29.1 Å². The van der Waals surface area contributed by atoms with Crippen LogP contribution in [0.4, 0.5) is 0 Å². The number of fused-ring (bicyclic) bond motifs is 1. The van der Waals surface area contributed by atoms with Crippen molar-refractivity contribution in [3.8, 4) is 6.07 Å². The van der Waals surface area contributed by atoms with Gasteiger partial charge in [-0.2, -0.15) is 5.26 Å². The van der Waals surface area contributed by atoms with Crippen molar-refractivity contribution in [2.75, 3.05) is 13.1 Å². The number of aliphatic hydroxyl groups excluding tert-OH is 1. The molecule has 6 atom stereocenters. The number of hydrogen-bond donors (Lipinski definition) is 2. The molecule has 3 aliphatic rings. The molecular formula is C17H27N3O2. The molecule has 2 N–H and O–H groups in total. The van der Waals surface area contributed by atoms with Gasteiger partial charge in [-0.1, -0.05) is 6.92 Å². The van der Waals surface area contributed by atoms with Crippen LogP contribution in [-0.2, 0) is 4.79 Å². The molecule has 5 heteroatoms. The van der Waals surface area contributed by atoms with Crippen LogP contribution in [-0.4, -0.2) is 46.7 Å². The highest BCUT2D eigenvalue weighted by molar-refractivity contribution is 5.79. The van der Waals surface area contributed by atoms with Crippen molar-refractivity contribution in [1.82, 2.24) is 10.2 Å². The Morgan fingerprint density at radius 2 is 2.00 bits per heavy atom. The highest BCUT2D eigenvalue weighted by Gasteiger charge is 2.47. The average molecular weight is 305 g/mol. The van der Waals surface area contributed by atoms with Crippen molar-refractivity contribution in [2.24, 2.45) is 17.8 Å². The minimum Gasteiger partial charge on any atom is -0.393 e.